The number of hydrogen-bond acceptors (Lipinski definition) is 2. The molecule has 1 unspecified atom stereocenters. The third-order valence-corrected chi connectivity index (χ3v) is 3.78. The first-order valence-corrected chi connectivity index (χ1v) is 7.28. The fourth-order valence-electron chi connectivity index (χ4n) is 2.75. The van der Waals surface area contributed by atoms with Crippen molar-refractivity contribution in [2.45, 2.75) is 18.8 Å². The Morgan fingerprint density at radius 3 is 2.25 bits per heavy atom. The fraction of sp³-hybridized carbons (Fsp3) is 0.278. The van der Waals surface area contributed by atoms with Crippen LogP contribution in [-0.4, -0.2) is 18.9 Å². The molecule has 0 aliphatic carbocycles. The van der Waals surface area contributed by atoms with Gasteiger partial charge in [-0.15, -0.1) is 0 Å². The van der Waals surface area contributed by atoms with Crippen molar-refractivity contribution < 1.29 is 0 Å². The minimum Gasteiger partial charge on any atom is -0.372 e. The standard InChI is InChI=1S/C18H20N2/c1-3-7-15(8-4-1)13-17(14-18-19-11-12-20-18)16-9-5-2-6-10-16/h1-10,17H,11-14H2,(H,19,20). The van der Waals surface area contributed by atoms with E-state index in [0.717, 1.165) is 31.8 Å². The molecule has 1 aliphatic rings. The van der Waals surface area contributed by atoms with E-state index in [1.165, 1.54) is 11.1 Å². The van der Waals surface area contributed by atoms with Crippen LogP contribution in [-0.2, 0) is 6.42 Å². The molecule has 1 heterocycles. The van der Waals surface area contributed by atoms with Crippen LogP contribution in [0.3, 0.4) is 0 Å². The van der Waals surface area contributed by atoms with Gasteiger partial charge in [0.25, 0.3) is 0 Å². The van der Waals surface area contributed by atoms with Crippen LogP contribution >= 0.6 is 0 Å². The number of nitrogens with one attached hydrogen (secondary N) is 1. The predicted octanol–water partition coefficient (Wildman–Crippen LogP) is 3.40. The summed E-state index contributed by atoms with van der Waals surface area (Å²) in [6.07, 6.45) is 2.06. The highest BCUT2D eigenvalue weighted by Crippen LogP contribution is 2.25. The van der Waals surface area contributed by atoms with E-state index in [-0.39, 0.29) is 0 Å². The summed E-state index contributed by atoms with van der Waals surface area (Å²) in [5.74, 6) is 1.65. The first-order valence-electron chi connectivity index (χ1n) is 7.28. The molecule has 3 rings (SSSR count). The smallest absolute Gasteiger partial charge is 0.0970 e. The second-order valence-electron chi connectivity index (χ2n) is 5.26. The van der Waals surface area contributed by atoms with Crippen molar-refractivity contribution in [3.63, 3.8) is 0 Å². The minimum atomic E-state index is 0.489. The van der Waals surface area contributed by atoms with E-state index in [9.17, 15) is 0 Å². The number of rotatable bonds is 5. The van der Waals surface area contributed by atoms with Gasteiger partial charge in [-0.25, -0.2) is 0 Å². The van der Waals surface area contributed by atoms with Crippen LogP contribution in [0, 0.1) is 0 Å². The molecule has 1 N–H and O–H groups in total. The lowest BCUT2D eigenvalue weighted by Crippen LogP contribution is -2.21. The molecule has 0 spiro atoms. The highest BCUT2D eigenvalue weighted by atomic mass is 15.1. The van der Waals surface area contributed by atoms with Crippen molar-refractivity contribution in [3.05, 3.63) is 71.8 Å². The van der Waals surface area contributed by atoms with Gasteiger partial charge in [-0.1, -0.05) is 60.7 Å². The normalized spacial score (nSPS) is 15.5. The number of hydrogen-bond donors (Lipinski definition) is 1. The second kappa shape index (κ2) is 6.38. The minimum absolute atomic E-state index is 0.489. The van der Waals surface area contributed by atoms with Gasteiger partial charge in [-0.3, -0.25) is 4.99 Å². The SMILES string of the molecule is c1ccc(CC(CC2=NCCN2)c2ccccc2)cc1. The van der Waals surface area contributed by atoms with Crippen LogP contribution in [0.4, 0.5) is 0 Å². The maximum atomic E-state index is 4.55. The Kier molecular flexibility index (Phi) is 4.12. The van der Waals surface area contributed by atoms with Gasteiger partial charge < -0.3 is 5.32 Å². The lowest BCUT2D eigenvalue weighted by Gasteiger charge is -2.18. The van der Waals surface area contributed by atoms with Gasteiger partial charge in [0.1, 0.15) is 0 Å². The predicted molar refractivity (Wildman–Crippen MR) is 84.3 cm³/mol. The molecule has 2 aromatic rings. The van der Waals surface area contributed by atoms with Crippen molar-refractivity contribution >= 4 is 5.84 Å². The van der Waals surface area contributed by atoms with Crippen molar-refractivity contribution in [1.29, 1.82) is 0 Å². The third kappa shape index (κ3) is 3.27. The molecule has 1 atom stereocenters. The van der Waals surface area contributed by atoms with Gasteiger partial charge in [0.15, 0.2) is 0 Å². The maximum absolute atomic E-state index is 4.55. The molecule has 2 nitrogen and oxygen atoms in total. The van der Waals surface area contributed by atoms with E-state index < -0.39 is 0 Å². The highest BCUT2D eigenvalue weighted by molar-refractivity contribution is 5.84. The molecule has 0 amide bonds. The van der Waals surface area contributed by atoms with Crippen molar-refractivity contribution in [2.75, 3.05) is 13.1 Å². The van der Waals surface area contributed by atoms with Crippen LogP contribution in [0.25, 0.3) is 0 Å². The summed E-state index contributed by atoms with van der Waals surface area (Å²) in [6.45, 7) is 1.91. The lowest BCUT2D eigenvalue weighted by atomic mass is 9.89. The molecule has 20 heavy (non-hydrogen) atoms. The zero-order chi connectivity index (χ0) is 13.6. The Morgan fingerprint density at radius 1 is 0.900 bits per heavy atom. The van der Waals surface area contributed by atoms with Gasteiger partial charge in [-0.2, -0.15) is 0 Å². The van der Waals surface area contributed by atoms with Crippen molar-refractivity contribution in [2.24, 2.45) is 4.99 Å². The van der Waals surface area contributed by atoms with E-state index >= 15 is 0 Å². The second-order valence-corrected chi connectivity index (χ2v) is 5.26. The Morgan fingerprint density at radius 2 is 1.60 bits per heavy atom. The van der Waals surface area contributed by atoms with Crippen LogP contribution in [0.2, 0.25) is 0 Å². The third-order valence-electron chi connectivity index (χ3n) is 3.78. The van der Waals surface area contributed by atoms with E-state index in [0.29, 0.717) is 5.92 Å². The van der Waals surface area contributed by atoms with E-state index in [1.54, 1.807) is 0 Å². The number of nitrogens with zero attached hydrogens (tertiary/aromatic N) is 1. The number of aliphatic imine (C=N–C) groups is 1. The Balaban J connectivity index is 1.79. The molecular formula is C18H20N2. The first-order chi connectivity index (χ1) is 9.92. The van der Waals surface area contributed by atoms with E-state index in [1.807, 2.05) is 0 Å². The zero-order valence-electron chi connectivity index (χ0n) is 11.6. The molecule has 1 aliphatic heterocycles. The van der Waals surface area contributed by atoms with Crippen molar-refractivity contribution in [1.82, 2.24) is 5.32 Å². The first kappa shape index (κ1) is 12.9. The van der Waals surface area contributed by atoms with Gasteiger partial charge >= 0.3 is 0 Å². The lowest BCUT2D eigenvalue weighted by molar-refractivity contribution is 0.705. The molecule has 2 heteroatoms. The topological polar surface area (TPSA) is 24.4 Å². The largest absolute Gasteiger partial charge is 0.372 e. The van der Waals surface area contributed by atoms with Crippen LogP contribution in [0.1, 0.15) is 23.5 Å². The summed E-state index contributed by atoms with van der Waals surface area (Å²) in [4.78, 5) is 4.55. The molecule has 0 saturated carbocycles. The average molecular weight is 264 g/mol. The Bertz CT molecular complexity index is 560. The molecular weight excluding hydrogens is 244 g/mol. The van der Waals surface area contributed by atoms with Gasteiger partial charge in [0.05, 0.1) is 12.4 Å². The molecule has 102 valence electrons. The summed E-state index contributed by atoms with van der Waals surface area (Å²) in [5.41, 5.74) is 2.78. The van der Waals surface area contributed by atoms with Crippen LogP contribution < -0.4 is 5.32 Å². The molecule has 2 aromatic carbocycles. The quantitative estimate of drug-likeness (QED) is 0.879. The molecule has 0 saturated heterocycles. The summed E-state index contributed by atoms with van der Waals surface area (Å²) >= 11 is 0. The van der Waals surface area contributed by atoms with Gasteiger partial charge in [-0.05, 0) is 23.5 Å². The van der Waals surface area contributed by atoms with Crippen LogP contribution in [0.15, 0.2) is 65.7 Å². The van der Waals surface area contributed by atoms with Crippen molar-refractivity contribution in [3.8, 4) is 0 Å². The van der Waals surface area contributed by atoms with E-state index in [2.05, 4.69) is 71.0 Å². The molecule has 0 aromatic heterocycles. The van der Waals surface area contributed by atoms with Crippen LogP contribution in [0.5, 0.6) is 0 Å². The van der Waals surface area contributed by atoms with Gasteiger partial charge in [0, 0.05) is 13.0 Å². The van der Waals surface area contributed by atoms with Gasteiger partial charge in [0.2, 0.25) is 0 Å². The molecule has 0 radical (unpaired) electrons. The average Bonchev–Trinajstić information content (AvgIpc) is 3.02. The summed E-state index contributed by atoms with van der Waals surface area (Å²) in [6, 6.07) is 21.5. The zero-order valence-corrected chi connectivity index (χ0v) is 11.6. The summed E-state index contributed by atoms with van der Waals surface area (Å²) < 4.78 is 0. The summed E-state index contributed by atoms with van der Waals surface area (Å²) in [5, 5.41) is 3.39. The molecule has 0 fully saturated rings. The summed E-state index contributed by atoms with van der Waals surface area (Å²) in [7, 11) is 0. The maximum Gasteiger partial charge on any atom is 0.0970 e. The van der Waals surface area contributed by atoms with E-state index in [4.69, 9.17) is 0 Å². The Labute approximate surface area is 120 Å². The highest BCUT2D eigenvalue weighted by Gasteiger charge is 2.16. The fourth-order valence-corrected chi connectivity index (χ4v) is 2.75. The number of benzene rings is 2. The monoisotopic (exact) mass is 264 g/mol. The molecule has 0 bridgehead atoms. The Hall–Kier alpha value is -2.09. The number of amidine groups is 1.